The van der Waals surface area contributed by atoms with E-state index in [0.717, 1.165) is 21.0 Å². The van der Waals surface area contributed by atoms with Crippen molar-refractivity contribution in [1.29, 1.82) is 0 Å². The Morgan fingerprint density at radius 1 is 1.25 bits per heavy atom. The first kappa shape index (κ1) is 15.0. The van der Waals surface area contributed by atoms with E-state index in [9.17, 15) is 8.42 Å². The quantitative estimate of drug-likeness (QED) is 0.847. The van der Waals surface area contributed by atoms with Crippen LogP contribution in [0.1, 0.15) is 21.0 Å². The third-order valence-electron chi connectivity index (χ3n) is 3.00. The lowest BCUT2D eigenvalue weighted by atomic mass is 10.1. The molecule has 0 aliphatic rings. The lowest BCUT2D eigenvalue weighted by Crippen LogP contribution is -2.24. The molecular weight excluding hydrogens is 294 g/mol. The summed E-state index contributed by atoms with van der Waals surface area (Å²) >= 11 is 1.46. The lowest BCUT2D eigenvalue weighted by molar-refractivity contribution is 0.581. The van der Waals surface area contributed by atoms with Crippen molar-refractivity contribution in [2.75, 3.05) is 5.73 Å². The number of aryl methyl sites for hydroxylation is 3. The molecule has 2 rings (SSSR count). The molecule has 0 atom stereocenters. The number of nitrogens with two attached hydrogens (primary N) is 1. The Balaban J connectivity index is 2.24. The van der Waals surface area contributed by atoms with Crippen molar-refractivity contribution < 1.29 is 8.42 Å². The van der Waals surface area contributed by atoms with Crippen LogP contribution in [0.15, 0.2) is 23.2 Å². The van der Waals surface area contributed by atoms with Gasteiger partial charge in [0, 0.05) is 11.1 Å². The summed E-state index contributed by atoms with van der Waals surface area (Å²) in [7, 11) is -3.63. The van der Waals surface area contributed by atoms with Crippen LogP contribution >= 0.6 is 11.3 Å². The summed E-state index contributed by atoms with van der Waals surface area (Å²) in [5.41, 5.74) is 7.94. The molecule has 0 aliphatic carbocycles. The first-order valence-electron chi connectivity index (χ1n) is 6.07. The summed E-state index contributed by atoms with van der Waals surface area (Å²) in [6.07, 6.45) is 1.72. The van der Waals surface area contributed by atoms with Gasteiger partial charge in [-0.25, -0.2) is 18.1 Å². The first-order chi connectivity index (χ1) is 9.29. The Labute approximate surface area is 122 Å². The first-order valence-corrected chi connectivity index (χ1v) is 8.37. The number of anilines is 1. The maximum Gasteiger partial charge on any atom is 0.243 e. The standard InChI is InChI=1S/C13H17N3O2S2/c1-8-4-11(14)12(5-9(8)2)20(17,18)16-7-13-15-6-10(3)19-13/h4-6,16H,7,14H2,1-3H3. The van der Waals surface area contributed by atoms with Crippen LogP contribution in [-0.2, 0) is 16.6 Å². The Morgan fingerprint density at radius 3 is 2.50 bits per heavy atom. The zero-order chi connectivity index (χ0) is 14.9. The molecule has 0 aliphatic heterocycles. The average molecular weight is 311 g/mol. The maximum atomic E-state index is 12.3. The molecule has 3 N–H and O–H groups in total. The molecule has 1 aromatic carbocycles. The second-order valence-electron chi connectivity index (χ2n) is 4.66. The number of nitrogen functional groups attached to an aromatic ring is 1. The van der Waals surface area contributed by atoms with Gasteiger partial charge in [0.2, 0.25) is 10.0 Å². The number of nitrogens with zero attached hydrogens (tertiary/aromatic N) is 1. The number of aromatic nitrogens is 1. The highest BCUT2D eigenvalue weighted by atomic mass is 32.2. The third kappa shape index (κ3) is 3.17. The van der Waals surface area contributed by atoms with Crippen molar-refractivity contribution in [3.63, 3.8) is 0 Å². The van der Waals surface area contributed by atoms with Crippen LogP contribution in [0.25, 0.3) is 0 Å². The summed E-state index contributed by atoms with van der Waals surface area (Å²) in [6, 6.07) is 3.28. The number of nitrogens with one attached hydrogen (secondary N) is 1. The molecule has 0 bridgehead atoms. The van der Waals surface area contributed by atoms with Crippen molar-refractivity contribution in [2.24, 2.45) is 0 Å². The molecule has 7 heteroatoms. The minimum Gasteiger partial charge on any atom is -0.398 e. The number of hydrogen-bond donors (Lipinski definition) is 2. The number of thiazole rings is 1. The predicted molar refractivity (Wildman–Crippen MR) is 81.2 cm³/mol. The molecule has 5 nitrogen and oxygen atoms in total. The molecule has 1 heterocycles. The summed E-state index contributed by atoms with van der Waals surface area (Å²) in [5, 5.41) is 0.730. The van der Waals surface area contributed by atoms with Crippen molar-refractivity contribution >= 4 is 27.0 Å². The SMILES string of the molecule is Cc1cnc(CNS(=O)(=O)c2cc(C)c(C)cc2N)s1. The summed E-state index contributed by atoms with van der Waals surface area (Å²) in [4.78, 5) is 5.29. The Bertz CT molecular complexity index is 736. The van der Waals surface area contributed by atoms with Crippen LogP contribution in [0, 0.1) is 20.8 Å². The molecule has 1 aromatic heterocycles. The van der Waals surface area contributed by atoms with E-state index in [1.165, 1.54) is 11.3 Å². The van der Waals surface area contributed by atoms with Crippen LogP contribution < -0.4 is 10.5 Å². The van der Waals surface area contributed by atoms with E-state index in [2.05, 4.69) is 9.71 Å². The van der Waals surface area contributed by atoms with Gasteiger partial charge in [-0.1, -0.05) is 0 Å². The monoisotopic (exact) mass is 311 g/mol. The van der Waals surface area contributed by atoms with Crippen LogP contribution in [-0.4, -0.2) is 13.4 Å². The second kappa shape index (κ2) is 5.51. The highest BCUT2D eigenvalue weighted by Crippen LogP contribution is 2.23. The molecule has 0 saturated carbocycles. The Kier molecular flexibility index (Phi) is 4.12. The van der Waals surface area contributed by atoms with E-state index in [1.807, 2.05) is 20.8 Å². The molecule has 20 heavy (non-hydrogen) atoms. The largest absolute Gasteiger partial charge is 0.398 e. The minimum atomic E-state index is -3.63. The minimum absolute atomic E-state index is 0.119. The van der Waals surface area contributed by atoms with Gasteiger partial charge in [-0.15, -0.1) is 11.3 Å². The van der Waals surface area contributed by atoms with E-state index >= 15 is 0 Å². The maximum absolute atomic E-state index is 12.3. The van der Waals surface area contributed by atoms with E-state index in [4.69, 9.17) is 5.73 Å². The van der Waals surface area contributed by atoms with Gasteiger partial charge in [0.05, 0.1) is 12.2 Å². The van der Waals surface area contributed by atoms with E-state index in [-0.39, 0.29) is 17.1 Å². The Hall–Kier alpha value is -1.44. The molecule has 0 radical (unpaired) electrons. The molecular formula is C13H17N3O2S2. The van der Waals surface area contributed by atoms with Gasteiger partial charge in [-0.2, -0.15) is 0 Å². The fourth-order valence-corrected chi connectivity index (χ4v) is 3.76. The number of benzene rings is 1. The van der Waals surface area contributed by atoms with Gasteiger partial charge in [0.1, 0.15) is 9.90 Å². The zero-order valence-corrected chi connectivity index (χ0v) is 13.2. The molecule has 0 unspecified atom stereocenters. The van der Waals surface area contributed by atoms with Gasteiger partial charge in [0.25, 0.3) is 0 Å². The molecule has 0 saturated heterocycles. The summed E-state index contributed by atoms with van der Waals surface area (Å²) < 4.78 is 27.1. The summed E-state index contributed by atoms with van der Waals surface area (Å²) in [5.74, 6) is 0. The van der Waals surface area contributed by atoms with Crippen molar-refractivity contribution in [3.8, 4) is 0 Å². The average Bonchev–Trinajstić information content (AvgIpc) is 2.77. The molecule has 108 valence electrons. The summed E-state index contributed by atoms with van der Waals surface area (Å²) in [6.45, 7) is 5.86. The van der Waals surface area contributed by atoms with Gasteiger partial charge < -0.3 is 5.73 Å². The molecule has 0 spiro atoms. The zero-order valence-electron chi connectivity index (χ0n) is 11.6. The van der Waals surface area contributed by atoms with Gasteiger partial charge in [0.15, 0.2) is 0 Å². The van der Waals surface area contributed by atoms with Gasteiger partial charge in [-0.3, -0.25) is 0 Å². The molecule has 0 amide bonds. The fourth-order valence-electron chi connectivity index (χ4n) is 1.76. The fraction of sp³-hybridized carbons (Fsp3) is 0.308. The number of hydrogen-bond acceptors (Lipinski definition) is 5. The Morgan fingerprint density at radius 2 is 1.90 bits per heavy atom. The van der Waals surface area contributed by atoms with Crippen molar-refractivity contribution in [2.45, 2.75) is 32.2 Å². The predicted octanol–water partition coefficient (Wildman–Crippen LogP) is 2.13. The topological polar surface area (TPSA) is 85.1 Å². The third-order valence-corrected chi connectivity index (χ3v) is 5.37. The van der Waals surface area contributed by atoms with E-state index in [0.29, 0.717) is 0 Å². The van der Waals surface area contributed by atoms with Gasteiger partial charge in [-0.05, 0) is 44.0 Å². The van der Waals surface area contributed by atoms with Crippen LogP contribution in [0.2, 0.25) is 0 Å². The number of sulfonamides is 1. The van der Waals surface area contributed by atoms with Crippen LogP contribution in [0.4, 0.5) is 5.69 Å². The highest BCUT2D eigenvalue weighted by Gasteiger charge is 2.18. The second-order valence-corrected chi connectivity index (χ2v) is 7.72. The van der Waals surface area contributed by atoms with E-state index in [1.54, 1.807) is 18.3 Å². The normalized spacial score (nSPS) is 11.8. The van der Waals surface area contributed by atoms with E-state index < -0.39 is 10.0 Å². The molecule has 0 fully saturated rings. The molecule has 2 aromatic rings. The lowest BCUT2D eigenvalue weighted by Gasteiger charge is -2.10. The van der Waals surface area contributed by atoms with Crippen LogP contribution in [0.5, 0.6) is 0 Å². The highest BCUT2D eigenvalue weighted by molar-refractivity contribution is 7.89. The van der Waals surface area contributed by atoms with Crippen LogP contribution in [0.3, 0.4) is 0 Å². The van der Waals surface area contributed by atoms with Crippen molar-refractivity contribution in [1.82, 2.24) is 9.71 Å². The van der Waals surface area contributed by atoms with Crippen molar-refractivity contribution in [3.05, 3.63) is 39.3 Å². The smallest absolute Gasteiger partial charge is 0.243 e. The number of rotatable bonds is 4. The van der Waals surface area contributed by atoms with Gasteiger partial charge >= 0.3 is 0 Å².